The van der Waals surface area contributed by atoms with Crippen molar-refractivity contribution in [1.82, 2.24) is 0 Å². The first-order chi connectivity index (χ1) is 15.7. The van der Waals surface area contributed by atoms with Crippen LogP contribution in [0.3, 0.4) is 0 Å². The number of phenols is 1. The molecule has 0 aliphatic carbocycles. The number of phenolic OH excluding ortho intramolecular Hbond substituents is 1. The summed E-state index contributed by atoms with van der Waals surface area (Å²) in [6.45, 7) is 17.7. The van der Waals surface area contributed by atoms with Crippen molar-refractivity contribution in [3.05, 3.63) is 98.5 Å². The van der Waals surface area contributed by atoms with Crippen LogP contribution in [0, 0.1) is 20.8 Å². The molecule has 0 heterocycles. The smallest absolute Gasteiger partial charge is 0.259 e. The van der Waals surface area contributed by atoms with Crippen LogP contribution < -0.4 is 5.32 Å². The fourth-order valence-electron chi connectivity index (χ4n) is 3.18. The minimum absolute atomic E-state index is 0.0235. The highest BCUT2D eigenvalue weighted by Crippen LogP contribution is 2.33. The number of hydrogen-bond acceptors (Lipinski definition) is 2. The van der Waals surface area contributed by atoms with E-state index in [4.69, 9.17) is 23.2 Å². The van der Waals surface area contributed by atoms with E-state index in [1.165, 1.54) is 0 Å². The molecule has 0 saturated carbocycles. The highest BCUT2D eigenvalue weighted by atomic mass is 35.5. The van der Waals surface area contributed by atoms with Crippen molar-refractivity contribution in [1.29, 1.82) is 0 Å². The van der Waals surface area contributed by atoms with E-state index >= 15 is 0 Å². The van der Waals surface area contributed by atoms with Gasteiger partial charge in [-0.1, -0.05) is 75.7 Å². The van der Waals surface area contributed by atoms with Gasteiger partial charge < -0.3 is 10.4 Å². The Morgan fingerprint density at radius 2 is 1.42 bits per heavy atom. The zero-order valence-corrected chi connectivity index (χ0v) is 21.9. The van der Waals surface area contributed by atoms with E-state index in [0.717, 1.165) is 27.8 Å². The fourth-order valence-corrected chi connectivity index (χ4v) is 3.58. The number of nitrogens with one attached hydrogen (secondary N) is 1. The monoisotopic (exact) mass is 485 g/mol. The maximum atomic E-state index is 12.7. The molecule has 0 spiro atoms. The number of benzene rings is 3. The minimum atomic E-state index is -0.391. The Morgan fingerprint density at radius 1 is 0.848 bits per heavy atom. The third-order valence-corrected chi connectivity index (χ3v) is 5.33. The summed E-state index contributed by atoms with van der Waals surface area (Å²) in [5, 5.41) is 14.2. The average molecular weight is 486 g/mol. The second kappa shape index (κ2) is 13.1. The summed E-state index contributed by atoms with van der Waals surface area (Å²) in [6, 6.07) is 14.4. The van der Waals surface area contributed by atoms with Crippen molar-refractivity contribution in [2.24, 2.45) is 0 Å². The summed E-state index contributed by atoms with van der Waals surface area (Å²) in [5.74, 6) is -0.415. The number of carbonyl (C=O) groups excluding carboxylic acids is 1. The normalized spacial score (nSPS) is 9.73. The summed E-state index contributed by atoms with van der Waals surface area (Å²) in [7, 11) is 0. The maximum absolute atomic E-state index is 12.7. The molecule has 3 rings (SSSR count). The Kier molecular flexibility index (Phi) is 11.2. The Hall–Kier alpha value is -2.75. The van der Waals surface area contributed by atoms with Gasteiger partial charge in [-0.2, -0.15) is 0 Å². The number of hydrogen-bond donors (Lipinski definition) is 2. The van der Waals surface area contributed by atoms with E-state index in [0.29, 0.717) is 21.3 Å². The van der Waals surface area contributed by atoms with E-state index in [1.54, 1.807) is 31.2 Å². The molecule has 0 saturated heterocycles. The predicted octanol–water partition coefficient (Wildman–Crippen LogP) is 8.99. The van der Waals surface area contributed by atoms with Crippen molar-refractivity contribution in [3.8, 4) is 5.75 Å². The lowest BCUT2D eigenvalue weighted by molar-refractivity contribution is 0.102. The molecule has 176 valence electrons. The molecule has 0 bridgehead atoms. The van der Waals surface area contributed by atoms with Crippen LogP contribution in [0.25, 0.3) is 5.57 Å². The summed E-state index contributed by atoms with van der Waals surface area (Å²) in [5.41, 5.74) is 5.64. The van der Waals surface area contributed by atoms with Crippen molar-refractivity contribution in [3.63, 3.8) is 0 Å². The molecule has 0 atom stereocenters. The molecule has 0 unspecified atom stereocenters. The van der Waals surface area contributed by atoms with Gasteiger partial charge >= 0.3 is 0 Å². The van der Waals surface area contributed by atoms with Gasteiger partial charge in [-0.05, 0) is 78.9 Å². The van der Waals surface area contributed by atoms with Gasteiger partial charge in [0.1, 0.15) is 5.75 Å². The number of halogens is 2. The Morgan fingerprint density at radius 3 is 2.00 bits per heavy atom. The molecular formula is C28H33Cl2NO2. The van der Waals surface area contributed by atoms with Crippen molar-refractivity contribution in [2.45, 2.75) is 48.5 Å². The molecule has 33 heavy (non-hydrogen) atoms. The third-order valence-electron chi connectivity index (χ3n) is 4.77. The van der Waals surface area contributed by atoms with Gasteiger partial charge in [0.25, 0.3) is 5.91 Å². The SMILES string of the molecule is C=C(c1ccc(Cl)cc1)c1cc(C)c(NC(=O)c2cc(C)cc(C)c2O)cc1Cl.CC.CC. The van der Waals surface area contributed by atoms with Crippen LogP contribution in [0.15, 0.2) is 55.1 Å². The molecule has 3 aromatic rings. The summed E-state index contributed by atoms with van der Waals surface area (Å²) in [6.07, 6.45) is 0. The molecular weight excluding hydrogens is 453 g/mol. The Bertz CT molecular complexity index is 1120. The van der Waals surface area contributed by atoms with Crippen LogP contribution >= 0.6 is 23.2 Å². The molecule has 3 aromatic carbocycles. The summed E-state index contributed by atoms with van der Waals surface area (Å²) >= 11 is 12.5. The van der Waals surface area contributed by atoms with Gasteiger partial charge in [0.05, 0.1) is 10.6 Å². The van der Waals surface area contributed by atoms with Gasteiger partial charge in [-0.15, -0.1) is 0 Å². The van der Waals surface area contributed by atoms with Crippen LogP contribution in [-0.4, -0.2) is 11.0 Å². The largest absolute Gasteiger partial charge is 0.507 e. The van der Waals surface area contributed by atoms with Crippen molar-refractivity contribution < 1.29 is 9.90 Å². The van der Waals surface area contributed by atoms with Crippen molar-refractivity contribution in [2.75, 3.05) is 5.32 Å². The van der Waals surface area contributed by atoms with Gasteiger partial charge in [0.2, 0.25) is 0 Å². The van der Waals surface area contributed by atoms with Gasteiger partial charge in [0.15, 0.2) is 0 Å². The second-order valence-corrected chi connectivity index (χ2v) is 7.91. The molecule has 2 N–H and O–H groups in total. The van der Waals surface area contributed by atoms with E-state index < -0.39 is 5.91 Å². The van der Waals surface area contributed by atoms with Crippen LogP contribution in [0.4, 0.5) is 5.69 Å². The minimum Gasteiger partial charge on any atom is -0.507 e. The number of anilines is 1. The van der Waals surface area contributed by atoms with Crippen LogP contribution in [0.1, 0.15) is 65.9 Å². The Balaban J connectivity index is 0.00000129. The first-order valence-electron chi connectivity index (χ1n) is 11.0. The number of aromatic hydroxyl groups is 1. The maximum Gasteiger partial charge on any atom is 0.259 e. The van der Waals surface area contributed by atoms with Gasteiger partial charge in [-0.3, -0.25) is 4.79 Å². The molecule has 0 aromatic heterocycles. The van der Waals surface area contributed by atoms with Gasteiger partial charge in [0, 0.05) is 16.3 Å². The molecule has 5 heteroatoms. The molecule has 3 nitrogen and oxygen atoms in total. The first-order valence-corrected chi connectivity index (χ1v) is 11.8. The van der Waals surface area contributed by atoms with E-state index in [9.17, 15) is 9.90 Å². The summed E-state index contributed by atoms with van der Waals surface area (Å²) < 4.78 is 0. The fraction of sp³-hybridized carbons (Fsp3) is 0.250. The van der Waals surface area contributed by atoms with E-state index in [1.807, 2.05) is 65.8 Å². The molecule has 0 aliphatic heterocycles. The lowest BCUT2D eigenvalue weighted by Crippen LogP contribution is -2.14. The average Bonchev–Trinajstić information content (AvgIpc) is 2.81. The standard InChI is InChI=1S/C24H21Cl2NO2.2C2H6/c1-13-9-15(3)23(28)20(10-13)24(29)27-22-12-21(26)19(11-14(22)2)16(4)17-5-7-18(25)8-6-17;2*1-2/h5-12,28H,4H2,1-3H3,(H,27,29);2*1-2H3. The summed E-state index contributed by atoms with van der Waals surface area (Å²) in [4.78, 5) is 12.7. The lowest BCUT2D eigenvalue weighted by Gasteiger charge is -2.15. The number of carbonyl (C=O) groups is 1. The quantitative estimate of drug-likeness (QED) is 0.387. The molecule has 0 fully saturated rings. The van der Waals surface area contributed by atoms with E-state index in [-0.39, 0.29) is 11.3 Å². The number of amides is 1. The topological polar surface area (TPSA) is 49.3 Å². The zero-order valence-electron chi connectivity index (χ0n) is 20.4. The van der Waals surface area contributed by atoms with Crippen molar-refractivity contribution >= 4 is 40.4 Å². The molecule has 0 radical (unpaired) electrons. The first kappa shape index (κ1) is 28.3. The van der Waals surface area contributed by atoms with Crippen LogP contribution in [0.5, 0.6) is 5.75 Å². The molecule has 1 amide bonds. The Labute approximate surface area is 208 Å². The molecule has 0 aliphatic rings. The van der Waals surface area contributed by atoms with Crippen LogP contribution in [-0.2, 0) is 0 Å². The highest BCUT2D eigenvalue weighted by Gasteiger charge is 2.17. The van der Waals surface area contributed by atoms with Crippen LogP contribution in [0.2, 0.25) is 10.0 Å². The lowest BCUT2D eigenvalue weighted by atomic mass is 9.97. The van der Waals surface area contributed by atoms with E-state index in [2.05, 4.69) is 11.9 Å². The predicted molar refractivity (Wildman–Crippen MR) is 144 cm³/mol. The second-order valence-electron chi connectivity index (χ2n) is 7.06. The zero-order chi connectivity index (χ0) is 25.3. The third kappa shape index (κ3) is 7.12. The van der Waals surface area contributed by atoms with Gasteiger partial charge in [-0.25, -0.2) is 0 Å². The number of rotatable bonds is 4. The highest BCUT2D eigenvalue weighted by molar-refractivity contribution is 6.33. The number of aryl methyl sites for hydroxylation is 3.